The van der Waals surface area contributed by atoms with Crippen molar-refractivity contribution < 1.29 is 42.9 Å². The number of unbranched alkanes of at least 4 members (excludes halogenated alkanes) is 38. The van der Waals surface area contributed by atoms with Crippen LogP contribution in [0.15, 0.2) is 72.9 Å². The van der Waals surface area contributed by atoms with Gasteiger partial charge in [-0.25, -0.2) is 0 Å². The predicted molar refractivity (Wildman–Crippen MR) is 352 cm³/mol. The van der Waals surface area contributed by atoms with E-state index in [0.29, 0.717) is 23.9 Å². The van der Waals surface area contributed by atoms with Crippen molar-refractivity contribution in [2.75, 3.05) is 47.5 Å². The fourth-order valence-electron chi connectivity index (χ4n) is 10.1. The lowest BCUT2D eigenvalue weighted by Gasteiger charge is -2.26. The number of esters is 2. The monoisotopic (exact) mass is 1160 g/mol. The van der Waals surface area contributed by atoms with Gasteiger partial charge in [-0.3, -0.25) is 9.59 Å². The number of quaternary nitrogens is 1. The van der Waals surface area contributed by atoms with Gasteiger partial charge in [0.15, 0.2) is 12.4 Å². The van der Waals surface area contributed by atoms with Crippen LogP contribution < -0.4 is 5.11 Å². The highest BCUT2D eigenvalue weighted by Gasteiger charge is 2.22. The molecule has 0 aliphatic carbocycles. The van der Waals surface area contributed by atoms with Crippen LogP contribution in [0.5, 0.6) is 0 Å². The topological polar surface area (TPSA) is 111 Å². The summed E-state index contributed by atoms with van der Waals surface area (Å²) in [7, 11) is 5.93. The molecule has 9 heteroatoms. The molecule has 0 bridgehead atoms. The average molecular weight is 1160 g/mol. The normalized spacial score (nSPS) is 13.1. The minimum atomic E-state index is -1.63. The molecule has 0 fully saturated rings. The average Bonchev–Trinajstić information content (AvgIpc) is 3.46. The van der Waals surface area contributed by atoms with Crippen molar-refractivity contribution in [1.29, 1.82) is 0 Å². The summed E-state index contributed by atoms with van der Waals surface area (Å²) < 4.78 is 22.8. The van der Waals surface area contributed by atoms with Crippen molar-refractivity contribution in [3.05, 3.63) is 72.9 Å². The van der Waals surface area contributed by atoms with Gasteiger partial charge < -0.3 is 33.3 Å². The Kier molecular flexibility index (Phi) is 62.2. The second kappa shape index (κ2) is 64.7. The first kappa shape index (κ1) is 79.7. The lowest BCUT2D eigenvalue weighted by molar-refractivity contribution is -0.870. The van der Waals surface area contributed by atoms with Gasteiger partial charge in [0.25, 0.3) is 0 Å². The highest BCUT2D eigenvalue weighted by Crippen LogP contribution is 2.18. The Morgan fingerprint density at radius 3 is 1.02 bits per heavy atom. The molecule has 2 unspecified atom stereocenters. The van der Waals surface area contributed by atoms with Crippen LogP contribution in [0.2, 0.25) is 0 Å². The van der Waals surface area contributed by atoms with Gasteiger partial charge in [-0.1, -0.05) is 318 Å². The summed E-state index contributed by atoms with van der Waals surface area (Å²) >= 11 is 0. The molecular weight excluding hydrogens is 1030 g/mol. The lowest BCUT2D eigenvalue weighted by atomic mass is 10.0. The van der Waals surface area contributed by atoms with Gasteiger partial charge >= 0.3 is 11.9 Å². The van der Waals surface area contributed by atoms with Crippen LogP contribution in [-0.4, -0.2) is 82.3 Å². The van der Waals surface area contributed by atoms with Gasteiger partial charge in [0.2, 0.25) is 0 Å². The fraction of sp³-hybridized carbons (Fsp3) is 0.797. The highest BCUT2D eigenvalue weighted by molar-refractivity contribution is 5.70. The van der Waals surface area contributed by atoms with Crippen molar-refractivity contribution >= 4 is 17.9 Å². The van der Waals surface area contributed by atoms with E-state index in [9.17, 15) is 19.5 Å². The SMILES string of the molecule is CC/C=C\C/C=C\C/C=C\C/C=C\C/C=C\C/C=C\CCCCCCCCC(=O)OC(COC(=O)CCCCCCCCCCCCCCCCCCCCCCCCCCCCCCCCCCC)COC(OCC[N+](C)(C)C)C(=O)[O-]. The van der Waals surface area contributed by atoms with Crippen molar-refractivity contribution in [1.82, 2.24) is 0 Å². The first-order chi connectivity index (χ1) is 40.6. The molecule has 0 radical (unpaired) electrons. The summed E-state index contributed by atoms with van der Waals surface area (Å²) in [5.41, 5.74) is 0. The number of allylic oxidation sites excluding steroid dienone is 12. The summed E-state index contributed by atoms with van der Waals surface area (Å²) in [6.45, 7) is 4.66. The van der Waals surface area contributed by atoms with Crippen LogP contribution in [0.3, 0.4) is 0 Å². The summed E-state index contributed by atoms with van der Waals surface area (Å²) in [6, 6.07) is 0. The molecule has 0 aromatic rings. The summed E-state index contributed by atoms with van der Waals surface area (Å²) in [5.74, 6) is -2.29. The highest BCUT2D eigenvalue weighted by atomic mass is 16.7. The molecular formula is C74H133NO8. The van der Waals surface area contributed by atoms with Gasteiger partial charge in [-0.2, -0.15) is 0 Å². The van der Waals surface area contributed by atoms with Gasteiger partial charge in [0, 0.05) is 12.8 Å². The Morgan fingerprint density at radius 2 is 0.687 bits per heavy atom. The van der Waals surface area contributed by atoms with E-state index in [0.717, 1.165) is 96.3 Å². The van der Waals surface area contributed by atoms with E-state index in [1.165, 1.54) is 193 Å². The molecule has 0 saturated carbocycles. The number of carboxylic acid groups (broad SMARTS) is 1. The minimum Gasteiger partial charge on any atom is -0.545 e. The van der Waals surface area contributed by atoms with Crippen LogP contribution in [0.4, 0.5) is 0 Å². The molecule has 482 valence electrons. The van der Waals surface area contributed by atoms with Crippen molar-refractivity contribution in [3.8, 4) is 0 Å². The Labute approximate surface area is 513 Å². The zero-order valence-electron chi connectivity index (χ0n) is 55.1. The molecule has 0 N–H and O–H groups in total. The van der Waals surface area contributed by atoms with Crippen LogP contribution in [0.25, 0.3) is 0 Å². The largest absolute Gasteiger partial charge is 0.545 e. The first-order valence-corrected chi connectivity index (χ1v) is 35.1. The van der Waals surface area contributed by atoms with Gasteiger partial charge in [0.05, 0.1) is 40.3 Å². The molecule has 0 aromatic heterocycles. The summed E-state index contributed by atoms with van der Waals surface area (Å²) in [4.78, 5) is 37.5. The maximum Gasteiger partial charge on any atom is 0.306 e. The molecule has 0 rings (SSSR count). The Hall–Kier alpha value is -3.27. The number of hydrogen-bond donors (Lipinski definition) is 0. The van der Waals surface area contributed by atoms with Gasteiger partial charge in [0.1, 0.15) is 13.2 Å². The molecule has 0 saturated heterocycles. The number of aliphatic carboxylic acids is 1. The Balaban J connectivity index is 4.09. The Bertz CT molecular complexity index is 1590. The van der Waals surface area contributed by atoms with E-state index in [1.807, 2.05) is 21.1 Å². The molecule has 0 aliphatic rings. The zero-order chi connectivity index (χ0) is 60.5. The van der Waals surface area contributed by atoms with Crippen LogP contribution in [0.1, 0.15) is 322 Å². The molecule has 0 heterocycles. The van der Waals surface area contributed by atoms with Crippen molar-refractivity contribution in [2.24, 2.45) is 0 Å². The quantitative estimate of drug-likeness (QED) is 0.0195. The molecule has 2 atom stereocenters. The van der Waals surface area contributed by atoms with E-state index in [2.05, 4.69) is 86.8 Å². The minimum absolute atomic E-state index is 0.143. The molecule has 0 aliphatic heterocycles. The summed E-state index contributed by atoms with van der Waals surface area (Å²) in [6.07, 6.45) is 82.8. The molecule has 83 heavy (non-hydrogen) atoms. The van der Waals surface area contributed by atoms with Crippen molar-refractivity contribution in [2.45, 2.75) is 334 Å². The van der Waals surface area contributed by atoms with E-state index < -0.39 is 24.3 Å². The molecule has 0 spiro atoms. The first-order valence-electron chi connectivity index (χ1n) is 35.1. The predicted octanol–water partition coefficient (Wildman–Crippen LogP) is 20.4. The van der Waals surface area contributed by atoms with Gasteiger partial charge in [-0.05, 0) is 64.2 Å². The van der Waals surface area contributed by atoms with Crippen LogP contribution in [0, 0.1) is 0 Å². The second-order valence-electron chi connectivity index (χ2n) is 24.8. The number of rotatable bonds is 65. The maximum atomic E-state index is 12.9. The van der Waals surface area contributed by atoms with E-state index in [4.69, 9.17) is 18.9 Å². The van der Waals surface area contributed by atoms with Crippen molar-refractivity contribution in [3.63, 3.8) is 0 Å². The van der Waals surface area contributed by atoms with Gasteiger partial charge in [-0.15, -0.1) is 0 Å². The third-order valence-electron chi connectivity index (χ3n) is 15.5. The van der Waals surface area contributed by atoms with Crippen LogP contribution >= 0.6 is 0 Å². The van der Waals surface area contributed by atoms with E-state index in [1.54, 1.807) is 0 Å². The number of carboxylic acids is 1. The smallest absolute Gasteiger partial charge is 0.306 e. The summed E-state index contributed by atoms with van der Waals surface area (Å²) in [5, 5.41) is 11.8. The standard InChI is InChI=1S/C74H133NO8/c1-6-8-10-12-14-16-18-20-22-24-26-28-30-32-33-34-35-36-37-38-39-41-42-44-46-48-50-52-54-56-58-60-62-64-71(76)81-68-70(69-82-74(73(78)79)80-67-66-75(3,4)5)83-72(77)65-63-61-59-57-55-53-51-49-47-45-43-40-31-29-27-25-23-21-19-17-15-13-11-9-7-2/h9,11,15,17,21,23,27,29,40,43,47,49,70,74H,6-8,10,12-14,16,18-20,22,24-26,28,30-39,41-42,44-46,48,50-69H2,1-5H3/b11-9-,17-15-,23-21-,29-27-,43-40-,49-47-. The maximum absolute atomic E-state index is 12.9. The lowest BCUT2D eigenvalue weighted by Crippen LogP contribution is -2.44. The number of likely N-dealkylation sites (N-methyl/N-ethyl adjacent to an activating group) is 1. The van der Waals surface area contributed by atoms with E-state index >= 15 is 0 Å². The zero-order valence-corrected chi connectivity index (χ0v) is 55.1. The number of hydrogen-bond acceptors (Lipinski definition) is 8. The third-order valence-corrected chi connectivity index (χ3v) is 15.5. The third kappa shape index (κ3) is 66.1. The Morgan fingerprint density at radius 1 is 0.373 bits per heavy atom. The fourth-order valence-corrected chi connectivity index (χ4v) is 10.1. The number of ether oxygens (including phenoxy) is 4. The molecule has 0 amide bonds. The van der Waals surface area contributed by atoms with Crippen LogP contribution in [-0.2, 0) is 33.3 Å². The number of carbonyl (C=O) groups excluding carboxylic acids is 3. The number of nitrogens with zero attached hydrogens (tertiary/aromatic N) is 1. The molecule has 0 aromatic carbocycles. The van der Waals surface area contributed by atoms with E-state index in [-0.39, 0.29) is 32.2 Å². The second-order valence-corrected chi connectivity index (χ2v) is 24.8. The molecule has 9 nitrogen and oxygen atoms in total. The number of carbonyl (C=O) groups is 3.